The van der Waals surface area contributed by atoms with Crippen LogP contribution in [0.25, 0.3) is 11.6 Å². The average molecular weight is 301 g/mol. The highest BCUT2D eigenvalue weighted by molar-refractivity contribution is 5.75. The molecular weight excluding hydrogens is 288 g/mol. The van der Waals surface area contributed by atoms with Gasteiger partial charge in [0.25, 0.3) is 6.43 Å². The van der Waals surface area contributed by atoms with Crippen LogP contribution in [0.2, 0.25) is 0 Å². The topological polar surface area (TPSA) is 97.3 Å². The molecule has 0 unspecified atom stereocenters. The van der Waals surface area contributed by atoms with Gasteiger partial charge in [-0.25, -0.2) is 8.78 Å². The zero-order chi connectivity index (χ0) is 15.2. The third kappa shape index (κ3) is 4.05. The molecule has 114 valence electrons. The van der Waals surface area contributed by atoms with Crippen molar-refractivity contribution in [1.82, 2.24) is 25.1 Å². The van der Waals surface area contributed by atoms with Crippen molar-refractivity contribution in [2.24, 2.45) is 0 Å². The minimum absolute atomic E-state index is 0.178. The number of aromatic nitrogens is 4. The summed E-state index contributed by atoms with van der Waals surface area (Å²) in [5.74, 6) is -0.0587. The quantitative estimate of drug-likeness (QED) is 0.774. The zero-order valence-corrected chi connectivity index (χ0v) is 10.9. The number of carbonyl (C=O) groups excluding carboxylic acids is 1. The lowest BCUT2D eigenvalue weighted by Crippen LogP contribution is -2.39. The Hall–Kier alpha value is -2.36. The molecular formula is C11H13F2N5O3. The highest BCUT2D eigenvalue weighted by Gasteiger charge is 2.19. The number of hydrogen-bond acceptors (Lipinski definition) is 6. The molecule has 2 aromatic rings. The first-order valence-corrected chi connectivity index (χ1v) is 6.08. The average Bonchev–Trinajstić information content (AvgIpc) is 3.07. The molecule has 21 heavy (non-hydrogen) atoms. The maximum atomic E-state index is 12.4. The Balaban J connectivity index is 2.01. The number of furan rings is 1. The summed E-state index contributed by atoms with van der Waals surface area (Å²) in [5, 5.41) is 20.1. The Morgan fingerprint density at radius 1 is 1.52 bits per heavy atom. The lowest BCUT2D eigenvalue weighted by Gasteiger charge is -2.20. The van der Waals surface area contributed by atoms with Crippen LogP contribution in [0, 0.1) is 0 Å². The zero-order valence-electron chi connectivity index (χ0n) is 10.9. The van der Waals surface area contributed by atoms with Gasteiger partial charge in [0.1, 0.15) is 6.54 Å². The molecule has 0 saturated heterocycles. The fourth-order valence-electron chi connectivity index (χ4n) is 1.64. The molecule has 0 atom stereocenters. The molecule has 0 aliphatic heterocycles. The summed E-state index contributed by atoms with van der Waals surface area (Å²) in [5.41, 5.74) is 0. The normalized spacial score (nSPS) is 11.0. The number of aliphatic hydroxyl groups excluding tert-OH is 1. The first kappa shape index (κ1) is 15.0. The Morgan fingerprint density at radius 3 is 2.95 bits per heavy atom. The standard InChI is InChI=1S/C11H13F2N5O3/c12-9(13)6-17(3-4-19)10(20)7-18-15-11(14-16-18)8-2-1-5-21-8/h1-2,5,9,19H,3-4,6-7H2. The monoisotopic (exact) mass is 301 g/mol. The second-order valence-electron chi connectivity index (χ2n) is 4.08. The number of nitrogens with zero attached hydrogens (tertiary/aromatic N) is 5. The van der Waals surface area contributed by atoms with Crippen molar-refractivity contribution in [1.29, 1.82) is 0 Å². The molecule has 0 saturated carbocycles. The van der Waals surface area contributed by atoms with Gasteiger partial charge in [-0.1, -0.05) is 0 Å². The van der Waals surface area contributed by atoms with Gasteiger partial charge in [0, 0.05) is 6.54 Å². The number of hydrogen-bond donors (Lipinski definition) is 1. The van der Waals surface area contributed by atoms with E-state index in [1.54, 1.807) is 12.1 Å². The van der Waals surface area contributed by atoms with E-state index in [1.807, 2.05) is 0 Å². The van der Waals surface area contributed by atoms with E-state index in [2.05, 4.69) is 15.4 Å². The van der Waals surface area contributed by atoms with E-state index in [1.165, 1.54) is 6.26 Å². The summed E-state index contributed by atoms with van der Waals surface area (Å²) < 4.78 is 29.8. The third-order valence-corrected chi connectivity index (χ3v) is 2.55. The van der Waals surface area contributed by atoms with Crippen LogP contribution in [-0.4, -0.2) is 62.2 Å². The molecule has 10 heteroatoms. The lowest BCUT2D eigenvalue weighted by molar-refractivity contribution is -0.134. The van der Waals surface area contributed by atoms with Crippen molar-refractivity contribution in [3.63, 3.8) is 0 Å². The van der Waals surface area contributed by atoms with Crippen LogP contribution < -0.4 is 0 Å². The smallest absolute Gasteiger partial charge is 0.255 e. The summed E-state index contributed by atoms with van der Waals surface area (Å²) in [6.45, 7) is -1.68. The van der Waals surface area contributed by atoms with Crippen molar-refractivity contribution in [2.45, 2.75) is 13.0 Å². The van der Waals surface area contributed by atoms with Crippen LogP contribution in [0.1, 0.15) is 0 Å². The summed E-state index contributed by atoms with van der Waals surface area (Å²) in [4.78, 5) is 13.7. The van der Waals surface area contributed by atoms with Gasteiger partial charge < -0.3 is 14.4 Å². The largest absolute Gasteiger partial charge is 0.461 e. The third-order valence-electron chi connectivity index (χ3n) is 2.55. The number of rotatable bonds is 7. The molecule has 0 bridgehead atoms. The number of halogens is 2. The SMILES string of the molecule is O=C(Cn1nnc(-c2ccco2)n1)N(CCO)CC(F)F. The van der Waals surface area contributed by atoms with Crippen molar-refractivity contribution >= 4 is 5.91 Å². The number of alkyl halides is 2. The van der Waals surface area contributed by atoms with Crippen molar-refractivity contribution in [2.75, 3.05) is 19.7 Å². The van der Waals surface area contributed by atoms with Crippen LogP contribution in [0.3, 0.4) is 0 Å². The van der Waals surface area contributed by atoms with Crippen LogP contribution >= 0.6 is 0 Å². The summed E-state index contributed by atoms with van der Waals surface area (Å²) in [6.07, 6.45) is -1.24. The Labute approximate surface area is 118 Å². The first-order valence-electron chi connectivity index (χ1n) is 6.08. The Bertz CT molecular complexity index is 572. The van der Waals surface area contributed by atoms with Crippen molar-refractivity contribution < 1.29 is 23.1 Å². The van der Waals surface area contributed by atoms with Gasteiger partial charge in [-0.15, -0.1) is 10.2 Å². The van der Waals surface area contributed by atoms with E-state index < -0.39 is 25.5 Å². The van der Waals surface area contributed by atoms with Gasteiger partial charge in [0.15, 0.2) is 5.76 Å². The van der Waals surface area contributed by atoms with Crippen LogP contribution in [-0.2, 0) is 11.3 Å². The van der Waals surface area contributed by atoms with E-state index in [-0.39, 0.29) is 18.9 Å². The number of aliphatic hydroxyl groups is 1. The van der Waals surface area contributed by atoms with E-state index in [0.717, 1.165) is 9.70 Å². The summed E-state index contributed by atoms with van der Waals surface area (Å²) >= 11 is 0. The summed E-state index contributed by atoms with van der Waals surface area (Å²) in [7, 11) is 0. The van der Waals surface area contributed by atoms with Gasteiger partial charge in [0.05, 0.1) is 19.4 Å². The molecule has 0 aliphatic carbocycles. The van der Waals surface area contributed by atoms with Gasteiger partial charge in [-0.3, -0.25) is 4.79 Å². The fraction of sp³-hybridized carbons (Fsp3) is 0.455. The van der Waals surface area contributed by atoms with Crippen LogP contribution in [0.15, 0.2) is 22.8 Å². The molecule has 2 aromatic heterocycles. The van der Waals surface area contributed by atoms with Gasteiger partial charge in [0.2, 0.25) is 11.7 Å². The second-order valence-corrected chi connectivity index (χ2v) is 4.08. The molecule has 0 spiro atoms. The maximum absolute atomic E-state index is 12.4. The molecule has 2 rings (SSSR count). The number of amides is 1. The van der Waals surface area contributed by atoms with E-state index in [9.17, 15) is 13.6 Å². The van der Waals surface area contributed by atoms with Gasteiger partial charge >= 0.3 is 0 Å². The highest BCUT2D eigenvalue weighted by Crippen LogP contribution is 2.12. The van der Waals surface area contributed by atoms with E-state index >= 15 is 0 Å². The highest BCUT2D eigenvalue weighted by atomic mass is 19.3. The number of tetrazole rings is 1. The predicted octanol–water partition coefficient (Wildman–Crippen LogP) is 0.0191. The van der Waals surface area contributed by atoms with Crippen molar-refractivity contribution in [3.8, 4) is 11.6 Å². The molecule has 0 fully saturated rings. The second kappa shape index (κ2) is 6.88. The Kier molecular flexibility index (Phi) is 4.93. The molecule has 0 radical (unpaired) electrons. The first-order chi connectivity index (χ1) is 10.1. The van der Waals surface area contributed by atoms with Crippen LogP contribution in [0.5, 0.6) is 0 Å². The van der Waals surface area contributed by atoms with E-state index in [4.69, 9.17) is 9.52 Å². The van der Waals surface area contributed by atoms with Gasteiger partial charge in [-0.2, -0.15) is 4.80 Å². The van der Waals surface area contributed by atoms with Crippen molar-refractivity contribution in [3.05, 3.63) is 18.4 Å². The van der Waals surface area contributed by atoms with Gasteiger partial charge in [-0.05, 0) is 17.3 Å². The number of carbonyl (C=O) groups is 1. The predicted molar refractivity (Wildman–Crippen MR) is 65.2 cm³/mol. The lowest BCUT2D eigenvalue weighted by atomic mass is 10.4. The minimum Gasteiger partial charge on any atom is -0.461 e. The van der Waals surface area contributed by atoms with E-state index in [0.29, 0.717) is 5.76 Å². The minimum atomic E-state index is -2.68. The molecule has 8 nitrogen and oxygen atoms in total. The Morgan fingerprint density at radius 2 is 2.33 bits per heavy atom. The molecule has 0 aromatic carbocycles. The molecule has 0 aliphatic rings. The molecule has 2 heterocycles. The fourth-order valence-corrected chi connectivity index (χ4v) is 1.64. The molecule has 1 amide bonds. The maximum Gasteiger partial charge on any atom is 0.255 e. The summed E-state index contributed by atoms with van der Waals surface area (Å²) in [6, 6.07) is 3.27. The molecule has 1 N–H and O–H groups in total. The van der Waals surface area contributed by atoms with Crippen LogP contribution in [0.4, 0.5) is 8.78 Å².